The van der Waals surface area contributed by atoms with Gasteiger partial charge in [-0.1, -0.05) is 12.1 Å². The van der Waals surface area contributed by atoms with Crippen LogP contribution in [0.4, 0.5) is 18.9 Å². The first kappa shape index (κ1) is 21.8. The molecule has 0 aliphatic rings. The van der Waals surface area contributed by atoms with Crippen LogP contribution >= 0.6 is 0 Å². The van der Waals surface area contributed by atoms with Gasteiger partial charge in [0.25, 0.3) is 5.91 Å². The predicted molar refractivity (Wildman–Crippen MR) is 96.9 cm³/mol. The number of ether oxygens (including phenoxy) is 2. The number of nitrogens with one attached hydrogen (secondary N) is 1. The van der Waals surface area contributed by atoms with Crippen LogP contribution in [-0.4, -0.2) is 24.1 Å². The maximum Gasteiger partial charge on any atom is 0.418 e. The van der Waals surface area contributed by atoms with E-state index in [0.29, 0.717) is 11.3 Å². The van der Waals surface area contributed by atoms with Crippen molar-refractivity contribution in [3.63, 3.8) is 0 Å². The van der Waals surface area contributed by atoms with E-state index in [1.54, 1.807) is 0 Å². The Hall–Kier alpha value is -3.54. The molecular weight excluding hydrogens is 389 g/mol. The lowest BCUT2D eigenvalue weighted by atomic mass is 10.1. The number of benzene rings is 2. The van der Waals surface area contributed by atoms with Gasteiger partial charge in [0.05, 0.1) is 22.9 Å². The van der Waals surface area contributed by atoms with Gasteiger partial charge in [0.2, 0.25) is 0 Å². The Bertz CT molecular complexity index is 921. The van der Waals surface area contributed by atoms with Crippen LogP contribution in [0.1, 0.15) is 25.0 Å². The number of nitrogens with zero attached hydrogens (tertiary/aromatic N) is 1. The van der Waals surface area contributed by atoms with Crippen molar-refractivity contribution in [2.75, 3.05) is 5.32 Å². The number of esters is 1. The van der Waals surface area contributed by atoms with Gasteiger partial charge in [0.1, 0.15) is 5.75 Å². The number of carbonyl (C=O) groups is 2. The predicted octanol–water partition coefficient (Wildman–Crippen LogP) is 3.91. The molecule has 0 spiro atoms. The van der Waals surface area contributed by atoms with Crippen LogP contribution in [0.3, 0.4) is 0 Å². The molecule has 6 nitrogen and oxygen atoms in total. The number of anilines is 1. The average molecular weight is 406 g/mol. The maximum atomic E-state index is 13.0. The average Bonchev–Trinajstić information content (AvgIpc) is 2.68. The summed E-state index contributed by atoms with van der Waals surface area (Å²) in [6, 6.07) is 12.4. The van der Waals surface area contributed by atoms with E-state index >= 15 is 0 Å². The molecule has 29 heavy (non-hydrogen) atoms. The zero-order valence-corrected chi connectivity index (χ0v) is 15.5. The Labute approximate surface area is 164 Å². The highest BCUT2D eigenvalue weighted by atomic mass is 19.4. The van der Waals surface area contributed by atoms with E-state index in [9.17, 15) is 22.8 Å². The molecule has 0 unspecified atom stereocenters. The monoisotopic (exact) mass is 406 g/mol. The van der Waals surface area contributed by atoms with Crippen molar-refractivity contribution >= 4 is 17.6 Å². The standard InChI is InChI=1S/C20H17F3N2O4/c1-12(18(26)25-17-6-4-3-5-16(17)20(21,22)23)29-19(27)13(2)28-15-9-7-14(11-24)8-10-15/h3-10,12-13H,1-2H3,(H,25,26)/t12-,13-/m0/s1. The molecule has 2 aromatic carbocycles. The van der Waals surface area contributed by atoms with E-state index in [2.05, 4.69) is 5.32 Å². The van der Waals surface area contributed by atoms with E-state index in [-0.39, 0.29) is 0 Å². The number of hydrogen-bond acceptors (Lipinski definition) is 5. The summed E-state index contributed by atoms with van der Waals surface area (Å²) in [6.07, 6.45) is -7.08. The summed E-state index contributed by atoms with van der Waals surface area (Å²) in [5, 5.41) is 10.9. The summed E-state index contributed by atoms with van der Waals surface area (Å²) in [5.41, 5.74) is -1.03. The highest BCUT2D eigenvalue weighted by Crippen LogP contribution is 2.34. The minimum Gasteiger partial charge on any atom is -0.479 e. The second-order valence-corrected chi connectivity index (χ2v) is 6.01. The summed E-state index contributed by atoms with van der Waals surface area (Å²) in [4.78, 5) is 24.3. The highest BCUT2D eigenvalue weighted by Gasteiger charge is 2.34. The third-order valence-electron chi connectivity index (χ3n) is 3.78. The van der Waals surface area contributed by atoms with Gasteiger partial charge in [-0.15, -0.1) is 0 Å². The molecule has 0 aliphatic heterocycles. The van der Waals surface area contributed by atoms with Gasteiger partial charge in [0.15, 0.2) is 12.2 Å². The van der Waals surface area contributed by atoms with E-state index in [0.717, 1.165) is 12.1 Å². The molecule has 0 heterocycles. The number of nitriles is 1. The number of carbonyl (C=O) groups excluding carboxylic acids is 2. The lowest BCUT2D eigenvalue weighted by molar-refractivity contribution is -0.159. The lowest BCUT2D eigenvalue weighted by Gasteiger charge is -2.19. The normalized spacial score (nSPS) is 13.0. The molecule has 0 fully saturated rings. The highest BCUT2D eigenvalue weighted by molar-refractivity contribution is 5.96. The molecule has 0 aromatic heterocycles. The molecule has 2 aromatic rings. The fraction of sp³-hybridized carbons (Fsp3) is 0.250. The van der Waals surface area contributed by atoms with Crippen molar-refractivity contribution in [3.8, 4) is 11.8 Å². The SMILES string of the molecule is C[C@H](OC(=O)[C@H](C)Oc1ccc(C#N)cc1)C(=O)Nc1ccccc1C(F)(F)F. The lowest BCUT2D eigenvalue weighted by Crippen LogP contribution is -2.35. The summed E-state index contributed by atoms with van der Waals surface area (Å²) < 4.78 is 49.4. The molecule has 0 saturated heterocycles. The molecular formula is C20H17F3N2O4. The van der Waals surface area contributed by atoms with E-state index in [4.69, 9.17) is 14.7 Å². The molecule has 9 heteroatoms. The Morgan fingerprint density at radius 3 is 2.24 bits per heavy atom. The number of alkyl halides is 3. The smallest absolute Gasteiger partial charge is 0.418 e. The van der Waals surface area contributed by atoms with Gasteiger partial charge in [-0.2, -0.15) is 18.4 Å². The first-order valence-electron chi connectivity index (χ1n) is 8.46. The number of para-hydroxylation sites is 1. The number of hydrogen-bond donors (Lipinski definition) is 1. The van der Waals surface area contributed by atoms with Gasteiger partial charge in [-0.25, -0.2) is 4.79 Å². The molecule has 0 radical (unpaired) electrons. The second kappa shape index (κ2) is 9.10. The Morgan fingerprint density at radius 2 is 1.66 bits per heavy atom. The van der Waals surface area contributed by atoms with E-state index < -0.39 is 41.5 Å². The molecule has 1 N–H and O–H groups in total. The summed E-state index contributed by atoms with van der Waals surface area (Å²) in [5.74, 6) is -1.48. The van der Waals surface area contributed by atoms with Gasteiger partial charge >= 0.3 is 12.1 Å². The Morgan fingerprint density at radius 1 is 1.03 bits per heavy atom. The summed E-state index contributed by atoms with van der Waals surface area (Å²) >= 11 is 0. The molecule has 152 valence electrons. The van der Waals surface area contributed by atoms with E-state index in [1.165, 1.54) is 50.2 Å². The molecule has 2 atom stereocenters. The van der Waals surface area contributed by atoms with Crippen molar-refractivity contribution in [1.29, 1.82) is 5.26 Å². The van der Waals surface area contributed by atoms with Gasteiger partial charge in [0, 0.05) is 0 Å². The Kier molecular flexibility index (Phi) is 6.83. The topological polar surface area (TPSA) is 88.4 Å². The molecule has 0 saturated carbocycles. The first-order chi connectivity index (χ1) is 13.6. The zero-order chi connectivity index (χ0) is 21.6. The van der Waals surface area contributed by atoms with Gasteiger partial charge in [-0.3, -0.25) is 4.79 Å². The third kappa shape index (κ3) is 5.97. The van der Waals surface area contributed by atoms with Crippen LogP contribution in [-0.2, 0) is 20.5 Å². The van der Waals surface area contributed by atoms with Crippen molar-refractivity contribution in [3.05, 3.63) is 59.7 Å². The second-order valence-electron chi connectivity index (χ2n) is 6.01. The minimum absolute atomic E-state index is 0.310. The molecule has 0 bridgehead atoms. The van der Waals surface area contributed by atoms with Crippen molar-refractivity contribution in [2.45, 2.75) is 32.2 Å². The summed E-state index contributed by atoms with van der Waals surface area (Å²) in [7, 11) is 0. The first-order valence-corrected chi connectivity index (χ1v) is 8.46. The summed E-state index contributed by atoms with van der Waals surface area (Å²) in [6.45, 7) is 2.63. The number of halogens is 3. The Balaban J connectivity index is 1.96. The van der Waals surface area contributed by atoms with Crippen LogP contribution in [0, 0.1) is 11.3 Å². The van der Waals surface area contributed by atoms with E-state index in [1.807, 2.05) is 6.07 Å². The molecule has 1 amide bonds. The van der Waals surface area contributed by atoms with Crippen LogP contribution in [0.2, 0.25) is 0 Å². The van der Waals surface area contributed by atoms with Crippen LogP contribution < -0.4 is 10.1 Å². The van der Waals surface area contributed by atoms with Crippen molar-refractivity contribution < 1.29 is 32.2 Å². The fourth-order valence-electron chi connectivity index (χ4n) is 2.26. The maximum absolute atomic E-state index is 13.0. The van der Waals surface area contributed by atoms with Crippen LogP contribution in [0.25, 0.3) is 0 Å². The minimum atomic E-state index is -4.65. The van der Waals surface area contributed by atoms with Crippen LogP contribution in [0.5, 0.6) is 5.75 Å². The van der Waals surface area contributed by atoms with Crippen LogP contribution in [0.15, 0.2) is 48.5 Å². The third-order valence-corrected chi connectivity index (χ3v) is 3.78. The molecule has 0 aliphatic carbocycles. The number of rotatable bonds is 6. The molecule has 2 rings (SSSR count). The van der Waals surface area contributed by atoms with Gasteiger partial charge in [-0.05, 0) is 50.2 Å². The van der Waals surface area contributed by atoms with Crippen molar-refractivity contribution in [2.24, 2.45) is 0 Å². The quantitative estimate of drug-likeness (QED) is 0.735. The zero-order valence-electron chi connectivity index (χ0n) is 15.5. The van der Waals surface area contributed by atoms with Gasteiger partial charge < -0.3 is 14.8 Å². The van der Waals surface area contributed by atoms with Crippen molar-refractivity contribution in [1.82, 2.24) is 0 Å². The largest absolute Gasteiger partial charge is 0.479 e. The fourth-order valence-corrected chi connectivity index (χ4v) is 2.26. The number of amides is 1.